The van der Waals surface area contributed by atoms with Crippen molar-refractivity contribution >= 4 is 23.4 Å². The van der Waals surface area contributed by atoms with Gasteiger partial charge in [0.05, 0.1) is 5.69 Å². The average molecular weight is 202 g/mol. The Morgan fingerprint density at radius 2 is 2.20 bits per heavy atom. The van der Waals surface area contributed by atoms with Gasteiger partial charge in [0.2, 0.25) is 0 Å². The molecule has 15 heavy (non-hydrogen) atoms. The van der Waals surface area contributed by atoms with Gasteiger partial charge >= 0.3 is 0 Å². The van der Waals surface area contributed by atoms with E-state index in [0.29, 0.717) is 0 Å². The van der Waals surface area contributed by atoms with Crippen LogP contribution in [0.5, 0.6) is 0 Å². The monoisotopic (exact) mass is 202 g/mol. The van der Waals surface area contributed by atoms with Crippen molar-refractivity contribution in [2.24, 2.45) is 4.99 Å². The van der Waals surface area contributed by atoms with Crippen LogP contribution in [0.4, 0.5) is 5.69 Å². The first kappa shape index (κ1) is 9.61. The predicted molar refractivity (Wildman–Crippen MR) is 54.3 cm³/mol. The average Bonchev–Trinajstić information content (AvgIpc) is 2.62. The molecule has 4 nitrogen and oxygen atoms in total. The smallest absolute Gasteiger partial charge is 0.144 e. The van der Waals surface area contributed by atoms with Crippen LogP contribution in [0.1, 0.15) is 5.56 Å². The molecule has 0 aliphatic carbocycles. The Bertz CT molecular complexity index is 463. The second-order valence-corrected chi connectivity index (χ2v) is 3.32. The van der Waals surface area contributed by atoms with E-state index in [1.807, 2.05) is 24.3 Å². The Morgan fingerprint density at radius 3 is 2.93 bits per heavy atom. The standard InChI is InChI=1S/C11H10N2O2/c12-9(11(14)15)5-7-6-13-10-4-2-1-3-8(7)10/h1-6,9H,12H2,(H,14,15)/b7-5+/t9-/m0/s1. The van der Waals surface area contributed by atoms with Crippen molar-refractivity contribution in [1.82, 2.24) is 0 Å². The first-order chi connectivity index (χ1) is 7.18. The summed E-state index contributed by atoms with van der Waals surface area (Å²) >= 11 is 0. The predicted octanol–water partition coefficient (Wildman–Crippen LogP) is -0.854. The minimum absolute atomic E-state index is 0.787. The minimum Gasteiger partial charge on any atom is -0.544 e. The molecule has 1 aliphatic rings. The number of aliphatic imine (C=N–C) groups is 1. The van der Waals surface area contributed by atoms with E-state index in [1.54, 1.807) is 12.3 Å². The summed E-state index contributed by atoms with van der Waals surface area (Å²) in [6, 6.07) is 6.70. The molecule has 0 saturated carbocycles. The molecule has 4 heteroatoms. The Balaban J connectivity index is 2.36. The summed E-state index contributed by atoms with van der Waals surface area (Å²) in [4.78, 5) is 14.7. The second-order valence-electron chi connectivity index (χ2n) is 3.32. The SMILES string of the molecule is [NH3+][C@@H](/C=C1\C=Nc2ccccc21)C(=O)[O-]. The molecule has 1 heterocycles. The van der Waals surface area contributed by atoms with Crippen LogP contribution in [0.15, 0.2) is 35.3 Å². The van der Waals surface area contributed by atoms with E-state index < -0.39 is 12.0 Å². The highest BCUT2D eigenvalue weighted by Crippen LogP contribution is 2.30. The van der Waals surface area contributed by atoms with Gasteiger partial charge in [0.1, 0.15) is 12.0 Å². The number of quaternary nitrogens is 1. The Labute approximate surface area is 86.8 Å². The molecule has 1 aliphatic heterocycles. The molecule has 0 spiro atoms. The topological polar surface area (TPSA) is 80.1 Å². The molecule has 0 amide bonds. The summed E-state index contributed by atoms with van der Waals surface area (Å²) in [5.41, 5.74) is 6.05. The van der Waals surface area contributed by atoms with Crippen LogP contribution in [0.3, 0.4) is 0 Å². The van der Waals surface area contributed by atoms with Crippen LogP contribution in [0.25, 0.3) is 5.57 Å². The van der Waals surface area contributed by atoms with E-state index in [9.17, 15) is 9.90 Å². The molecular formula is C11H10N2O2. The maximum absolute atomic E-state index is 10.5. The number of carboxylic acid groups (broad SMARTS) is 1. The fourth-order valence-electron chi connectivity index (χ4n) is 1.46. The van der Waals surface area contributed by atoms with E-state index in [4.69, 9.17) is 0 Å². The fraction of sp³-hybridized carbons (Fsp3) is 0.0909. The zero-order chi connectivity index (χ0) is 10.8. The van der Waals surface area contributed by atoms with Gasteiger partial charge in [-0.2, -0.15) is 0 Å². The first-order valence-corrected chi connectivity index (χ1v) is 4.58. The summed E-state index contributed by atoms with van der Waals surface area (Å²) in [5, 5.41) is 10.5. The summed E-state index contributed by atoms with van der Waals surface area (Å²) < 4.78 is 0. The normalized spacial score (nSPS) is 17.8. The highest BCUT2D eigenvalue weighted by molar-refractivity contribution is 6.16. The number of carbonyl (C=O) groups is 1. The largest absolute Gasteiger partial charge is 0.544 e. The summed E-state index contributed by atoms with van der Waals surface area (Å²) in [6.07, 6.45) is 3.19. The van der Waals surface area contributed by atoms with Crippen LogP contribution in [-0.4, -0.2) is 18.2 Å². The van der Waals surface area contributed by atoms with E-state index >= 15 is 0 Å². The van der Waals surface area contributed by atoms with Gasteiger partial charge in [-0.1, -0.05) is 18.2 Å². The van der Waals surface area contributed by atoms with Crippen LogP contribution in [0, 0.1) is 0 Å². The number of para-hydroxylation sites is 1. The van der Waals surface area contributed by atoms with Crippen molar-refractivity contribution in [2.75, 3.05) is 0 Å². The van der Waals surface area contributed by atoms with Gasteiger partial charge in [-0.05, 0) is 12.1 Å². The number of aliphatic carboxylic acids is 1. The Kier molecular flexibility index (Phi) is 2.35. The van der Waals surface area contributed by atoms with Crippen LogP contribution in [-0.2, 0) is 4.79 Å². The maximum Gasteiger partial charge on any atom is 0.144 e. The molecule has 1 aromatic rings. The molecule has 76 valence electrons. The van der Waals surface area contributed by atoms with Crippen LogP contribution < -0.4 is 10.8 Å². The number of hydrogen-bond donors (Lipinski definition) is 1. The van der Waals surface area contributed by atoms with Crippen molar-refractivity contribution in [1.29, 1.82) is 0 Å². The third-order valence-corrected chi connectivity index (χ3v) is 2.24. The van der Waals surface area contributed by atoms with Crippen LogP contribution in [0.2, 0.25) is 0 Å². The lowest BCUT2D eigenvalue weighted by atomic mass is 10.1. The van der Waals surface area contributed by atoms with Crippen molar-refractivity contribution in [2.45, 2.75) is 6.04 Å². The van der Waals surface area contributed by atoms with Crippen molar-refractivity contribution in [3.63, 3.8) is 0 Å². The lowest BCUT2D eigenvalue weighted by molar-refractivity contribution is -0.423. The van der Waals surface area contributed by atoms with E-state index in [1.165, 1.54) is 0 Å². The Morgan fingerprint density at radius 1 is 1.47 bits per heavy atom. The second kappa shape index (κ2) is 3.67. The van der Waals surface area contributed by atoms with Gasteiger partial charge < -0.3 is 15.6 Å². The molecule has 3 N–H and O–H groups in total. The Hall–Kier alpha value is -1.94. The lowest BCUT2D eigenvalue weighted by Gasteiger charge is -2.05. The van der Waals surface area contributed by atoms with E-state index in [2.05, 4.69) is 10.7 Å². The quantitative estimate of drug-likeness (QED) is 0.677. The van der Waals surface area contributed by atoms with Gasteiger partial charge in [-0.3, -0.25) is 4.99 Å². The molecule has 1 aromatic carbocycles. The maximum atomic E-state index is 10.5. The van der Waals surface area contributed by atoms with Gasteiger partial charge in [0.15, 0.2) is 0 Å². The number of hydrogen-bond acceptors (Lipinski definition) is 3. The molecular weight excluding hydrogens is 192 g/mol. The zero-order valence-electron chi connectivity index (χ0n) is 8.01. The minimum atomic E-state index is -1.18. The highest BCUT2D eigenvalue weighted by Gasteiger charge is 2.13. The van der Waals surface area contributed by atoms with Gasteiger partial charge in [0.25, 0.3) is 0 Å². The summed E-state index contributed by atoms with van der Waals surface area (Å²) in [7, 11) is 0. The number of allylic oxidation sites excluding steroid dienone is 1. The number of benzene rings is 1. The molecule has 0 saturated heterocycles. The molecule has 0 radical (unpaired) electrons. The van der Waals surface area contributed by atoms with Crippen LogP contribution >= 0.6 is 0 Å². The summed E-state index contributed by atoms with van der Waals surface area (Å²) in [5.74, 6) is -1.18. The lowest BCUT2D eigenvalue weighted by Crippen LogP contribution is -2.67. The van der Waals surface area contributed by atoms with Gasteiger partial charge in [-0.15, -0.1) is 0 Å². The molecule has 0 bridgehead atoms. The molecule has 0 unspecified atom stereocenters. The van der Waals surface area contributed by atoms with Gasteiger partial charge in [0, 0.05) is 17.4 Å². The van der Waals surface area contributed by atoms with Crippen molar-refractivity contribution in [3.05, 3.63) is 35.9 Å². The first-order valence-electron chi connectivity index (χ1n) is 4.58. The fourth-order valence-corrected chi connectivity index (χ4v) is 1.46. The third kappa shape index (κ3) is 1.80. The van der Waals surface area contributed by atoms with Crippen molar-refractivity contribution in [3.8, 4) is 0 Å². The number of nitrogens with zero attached hydrogens (tertiary/aromatic N) is 1. The molecule has 0 aromatic heterocycles. The molecule has 2 rings (SSSR count). The zero-order valence-corrected chi connectivity index (χ0v) is 8.01. The summed E-state index contributed by atoms with van der Waals surface area (Å²) in [6.45, 7) is 0. The molecule has 0 fully saturated rings. The van der Waals surface area contributed by atoms with E-state index in [-0.39, 0.29) is 0 Å². The molecule has 1 atom stereocenters. The number of carbonyl (C=O) groups excluding carboxylic acids is 1. The van der Waals surface area contributed by atoms with E-state index in [0.717, 1.165) is 16.8 Å². The number of fused-ring (bicyclic) bond motifs is 1. The highest BCUT2D eigenvalue weighted by atomic mass is 16.4. The number of carboxylic acids is 1. The van der Waals surface area contributed by atoms with Crippen molar-refractivity contribution < 1.29 is 15.6 Å². The van der Waals surface area contributed by atoms with Gasteiger partial charge in [-0.25, -0.2) is 0 Å². The number of rotatable bonds is 2. The third-order valence-electron chi connectivity index (χ3n) is 2.24.